The first-order chi connectivity index (χ1) is 31.0. The van der Waals surface area contributed by atoms with E-state index in [2.05, 4.69) is 35.8 Å². The number of non-ortho nitro benzene ring substituents is 1. The summed E-state index contributed by atoms with van der Waals surface area (Å²) in [5.74, 6) is -5.87. The molecule has 2 atom stereocenters. The van der Waals surface area contributed by atoms with Crippen LogP contribution in [0.5, 0.6) is 11.5 Å². The molecule has 6 rings (SSSR count). The molecule has 8 N–H and O–H groups in total. The molecule has 1 aliphatic rings. The van der Waals surface area contributed by atoms with Crippen molar-refractivity contribution in [3.8, 4) is 11.5 Å². The van der Waals surface area contributed by atoms with Crippen LogP contribution in [-0.2, 0) is 61.1 Å². The van der Waals surface area contributed by atoms with E-state index >= 15 is 0 Å². The largest absolute Gasteiger partial charge is 0.505 e. The number of hydrogen-bond donors (Lipinski definition) is 8. The van der Waals surface area contributed by atoms with Crippen LogP contribution in [0.15, 0.2) is 133 Å². The van der Waals surface area contributed by atoms with Gasteiger partial charge >= 0.3 is 5.97 Å². The van der Waals surface area contributed by atoms with E-state index < -0.39 is 161 Å². The molecule has 5 aromatic carbocycles. The van der Waals surface area contributed by atoms with E-state index in [1.54, 1.807) is 0 Å². The molecular weight excluding hydrogens is 1010 g/mol. The van der Waals surface area contributed by atoms with Crippen molar-refractivity contribution in [1.29, 1.82) is 0 Å². The SMILES string of the molecule is O=C(O)C1=NN(c2ccc(S(=O)(=O)O)cc2)C(=O)C1N=Nc1ccc(N=Nc2c(S(=O)(=O)O)cc3cc(S(=O)(=O)O)c(N=Nc4ccc([N+](=O)[O-])cc4S(=O)O)c(O)c3c2O)c(S(=O)(=O)O)c1. The Morgan fingerprint density at radius 3 is 1.70 bits per heavy atom. The van der Waals surface area contributed by atoms with Crippen LogP contribution in [0.4, 0.5) is 39.8 Å². The molecule has 0 bridgehead atoms. The lowest BCUT2D eigenvalue weighted by Crippen LogP contribution is -2.33. The van der Waals surface area contributed by atoms with Crippen LogP contribution >= 0.6 is 0 Å². The molecule has 0 spiro atoms. The van der Waals surface area contributed by atoms with Crippen LogP contribution in [0.2, 0.25) is 0 Å². The Kier molecular flexibility index (Phi) is 13.0. The molecule has 67 heavy (non-hydrogen) atoms. The number of hydrazone groups is 1. The molecule has 35 heteroatoms. The number of carboxylic acids is 1. The topological polar surface area (TPSA) is 483 Å². The minimum Gasteiger partial charge on any atom is -0.505 e. The molecule has 0 radical (unpaired) electrons. The number of phenols is 2. The maximum Gasteiger partial charge on any atom is 0.355 e. The number of hydrogen-bond acceptors (Lipinski definition) is 22. The Hall–Kier alpha value is -7.48. The molecule has 0 saturated carbocycles. The van der Waals surface area contributed by atoms with Gasteiger partial charge in [0.05, 0.1) is 26.6 Å². The Morgan fingerprint density at radius 1 is 0.701 bits per heavy atom. The van der Waals surface area contributed by atoms with Crippen molar-refractivity contribution in [1.82, 2.24) is 0 Å². The number of carbonyl (C=O) groups is 2. The smallest absolute Gasteiger partial charge is 0.355 e. The number of benzene rings is 5. The number of nitro benzene ring substituents is 1. The molecule has 0 aliphatic carbocycles. The van der Waals surface area contributed by atoms with Crippen LogP contribution in [0.25, 0.3) is 10.8 Å². The normalized spacial score (nSPS) is 15.5. The van der Waals surface area contributed by atoms with Crippen molar-refractivity contribution in [3.05, 3.63) is 82.9 Å². The third-order valence-electron chi connectivity index (χ3n) is 8.68. The predicted octanol–water partition coefficient (Wildman–Crippen LogP) is 4.50. The molecule has 1 heterocycles. The number of aromatic hydroxyl groups is 2. The van der Waals surface area contributed by atoms with Crippen molar-refractivity contribution in [2.75, 3.05) is 5.01 Å². The number of carbonyl (C=O) groups excluding carboxylic acids is 1. The molecule has 30 nitrogen and oxygen atoms in total. The van der Waals surface area contributed by atoms with Gasteiger partial charge in [-0.3, -0.25) is 33.1 Å². The third-order valence-corrected chi connectivity index (χ3v) is 12.9. The highest BCUT2D eigenvalue weighted by molar-refractivity contribution is 7.86. The molecule has 0 aromatic heterocycles. The Bertz CT molecular complexity index is 3620. The second-order valence-corrected chi connectivity index (χ2v) is 19.4. The van der Waals surface area contributed by atoms with Gasteiger partial charge in [-0.15, -0.1) is 20.5 Å². The highest BCUT2D eigenvalue weighted by atomic mass is 32.2. The summed E-state index contributed by atoms with van der Waals surface area (Å²) in [6.45, 7) is 0. The van der Waals surface area contributed by atoms with Crippen molar-refractivity contribution >= 4 is 120 Å². The summed E-state index contributed by atoms with van der Waals surface area (Å²) in [7, 11) is -21.1. The number of nitro groups is 1. The summed E-state index contributed by atoms with van der Waals surface area (Å²) in [6.07, 6.45) is 0. The van der Waals surface area contributed by atoms with Gasteiger partial charge in [-0.25, -0.2) is 9.00 Å². The van der Waals surface area contributed by atoms with Crippen molar-refractivity contribution in [3.63, 3.8) is 0 Å². The molecular formula is C32H21N9O21S5. The molecule has 350 valence electrons. The summed E-state index contributed by atoms with van der Waals surface area (Å²) in [5, 5.41) is 67.0. The zero-order chi connectivity index (χ0) is 49.7. The van der Waals surface area contributed by atoms with Gasteiger partial charge in [0, 0.05) is 12.1 Å². The van der Waals surface area contributed by atoms with Gasteiger partial charge in [0.15, 0.2) is 28.3 Å². The summed E-state index contributed by atoms with van der Waals surface area (Å²) in [6, 6.07) is 6.81. The van der Waals surface area contributed by atoms with E-state index in [1.807, 2.05) is 0 Å². The Labute approximate surface area is 374 Å². The van der Waals surface area contributed by atoms with Crippen molar-refractivity contribution < 1.29 is 90.5 Å². The quantitative estimate of drug-likeness (QED) is 0.0249. The van der Waals surface area contributed by atoms with Crippen molar-refractivity contribution in [2.24, 2.45) is 35.8 Å². The molecule has 1 amide bonds. The summed E-state index contributed by atoms with van der Waals surface area (Å²) in [4.78, 5) is 30.0. The number of nitrogens with zero attached hydrogens (tertiary/aromatic N) is 9. The lowest BCUT2D eigenvalue weighted by atomic mass is 10.1. The summed E-state index contributed by atoms with van der Waals surface area (Å²) in [5.41, 5.74) is -6.44. The van der Waals surface area contributed by atoms with Gasteiger partial charge in [-0.1, -0.05) is 0 Å². The number of amides is 1. The lowest BCUT2D eigenvalue weighted by Gasteiger charge is -2.13. The van der Waals surface area contributed by atoms with E-state index in [9.17, 15) is 95.7 Å². The van der Waals surface area contributed by atoms with E-state index in [1.165, 1.54) is 0 Å². The maximum atomic E-state index is 13.2. The van der Waals surface area contributed by atoms with Crippen LogP contribution < -0.4 is 5.01 Å². The zero-order valence-electron chi connectivity index (χ0n) is 32.0. The Morgan fingerprint density at radius 2 is 1.22 bits per heavy atom. The monoisotopic (exact) mass is 1030 g/mol. The molecule has 1 aliphatic heterocycles. The first-order valence-electron chi connectivity index (χ1n) is 17.0. The van der Waals surface area contributed by atoms with Gasteiger partial charge in [0.25, 0.3) is 52.1 Å². The Balaban J connectivity index is 1.43. The van der Waals surface area contributed by atoms with Gasteiger partial charge in [-0.2, -0.15) is 54.0 Å². The first-order valence-corrected chi connectivity index (χ1v) is 23.8. The van der Waals surface area contributed by atoms with E-state index in [4.69, 9.17) is 0 Å². The standard InChI is InChI=1S/C32H21N9O21S5/c42-29-24-13(9-22(66(57,58)59)25(29)36-34-18-8-4-16(41(47)48)12-20(18)63(49)50)10-23(67(60,61)62)26(30(24)43)37-35-19-7-1-14(11-21(19)65(54,55)56)33-38-27-28(32(45)46)39-40(31(27)44)15-2-5-17(6-3-15)64(51,52)53/h1-12,27,42-43H,(H,45,46)(H,49,50)(H,51,52,53)(H,54,55,56)(H,57,58,59)(H,60,61,62). The van der Waals surface area contributed by atoms with E-state index in [0.29, 0.717) is 29.3 Å². The van der Waals surface area contributed by atoms with Crippen LogP contribution in [0.1, 0.15) is 0 Å². The zero-order valence-corrected chi connectivity index (χ0v) is 36.0. The maximum absolute atomic E-state index is 13.2. The number of phenolic OH excluding ortho intramolecular Hbond substituents is 2. The summed E-state index contributed by atoms with van der Waals surface area (Å²) >= 11 is -2.99. The number of carboxylic acid groups (broad SMARTS) is 1. The third kappa shape index (κ3) is 10.2. The van der Waals surface area contributed by atoms with Crippen molar-refractivity contribution in [2.45, 2.75) is 30.5 Å². The molecule has 0 fully saturated rings. The molecule has 5 aromatic rings. The highest BCUT2D eigenvalue weighted by Crippen LogP contribution is 2.50. The predicted molar refractivity (Wildman–Crippen MR) is 221 cm³/mol. The first kappa shape index (κ1) is 49.0. The fourth-order valence-electron chi connectivity index (χ4n) is 5.73. The summed E-state index contributed by atoms with van der Waals surface area (Å²) < 4.78 is 158. The average Bonchev–Trinajstić information content (AvgIpc) is 3.56. The second-order valence-electron chi connectivity index (χ2n) is 12.9. The number of azo groups is 3. The molecule has 2 unspecified atom stereocenters. The molecule has 0 saturated heterocycles. The van der Waals surface area contributed by atoms with Gasteiger partial charge in [0.1, 0.15) is 42.3 Å². The fraction of sp³-hybridized carbons (Fsp3) is 0.0312. The van der Waals surface area contributed by atoms with Crippen LogP contribution in [0.3, 0.4) is 0 Å². The minimum absolute atomic E-state index is 0.187. The van der Waals surface area contributed by atoms with Crippen LogP contribution in [-0.4, -0.2) is 105 Å². The lowest BCUT2D eigenvalue weighted by molar-refractivity contribution is -0.385. The number of aliphatic carboxylic acids is 1. The van der Waals surface area contributed by atoms with Gasteiger partial charge < -0.3 is 19.9 Å². The second kappa shape index (κ2) is 17.7. The average molecular weight is 1030 g/mol. The van der Waals surface area contributed by atoms with Crippen LogP contribution in [0, 0.1) is 10.1 Å². The number of fused-ring (bicyclic) bond motifs is 1. The minimum atomic E-state index is -5.56. The van der Waals surface area contributed by atoms with Gasteiger partial charge in [-0.05, 0) is 66.0 Å². The van der Waals surface area contributed by atoms with E-state index in [0.717, 1.165) is 48.5 Å². The van der Waals surface area contributed by atoms with E-state index in [-0.39, 0.29) is 5.69 Å². The fourth-order valence-corrected chi connectivity index (χ4v) is 8.67. The van der Waals surface area contributed by atoms with Gasteiger partial charge in [0.2, 0.25) is 6.04 Å². The number of anilines is 1. The highest BCUT2D eigenvalue weighted by Gasteiger charge is 2.41. The number of rotatable bonds is 14.